The van der Waals surface area contributed by atoms with Gasteiger partial charge in [-0.3, -0.25) is 9.80 Å². The zero-order valence-electron chi connectivity index (χ0n) is 21.5. The van der Waals surface area contributed by atoms with Gasteiger partial charge in [0.05, 0.1) is 13.1 Å². The number of aromatic nitrogens is 4. The first-order chi connectivity index (χ1) is 17.7. The summed E-state index contributed by atoms with van der Waals surface area (Å²) in [7, 11) is 0. The van der Waals surface area contributed by atoms with Crippen LogP contribution in [-0.2, 0) is 26.2 Å². The van der Waals surface area contributed by atoms with Gasteiger partial charge >= 0.3 is 0 Å². The third-order valence-electron chi connectivity index (χ3n) is 6.18. The molecule has 0 atom stereocenters. The molecule has 0 bridgehead atoms. The van der Waals surface area contributed by atoms with Crippen molar-refractivity contribution in [3.05, 3.63) is 107 Å². The Balaban J connectivity index is 1.34. The highest BCUT2D eigenvalue weighted by Gasteiger charge is 2.11. The number of aromatic amines is 2. The fourth-order valence-corrected chi connectivity index (χ4v) is 4.44. The Morgan fingerprint density at radius 2 is 1.06 bits per heavy atom. The van der Waals surface area contributed by atoms with Gasteiger partial charge in [0, 0.05) is 37.9 Å². The first-order valence-corrected chi connectivity index (χ1v) is 13.0. The highest BCUT2D eigenvalue weighted by molar-refractivity contribution is 5.69. The minimum absolute atomic E-state index is 0.736. The van der Waals surface area contributed by atoms with Crippen molar-refractivity contribution in [1.82, 2.24) is 29.7 Å². The molecule has 0 aliphatic rings. The van der Waals surface area contributed by atoms with E-state index in [1.807, 2.05) is 12.4 Å². The molecule has 0 aliphatic heterocycles. The topological polar surface area (TPSA) is 63.8 Å². The molecule has 0 fully saturated rings. The van der Waals surface area contributed by atoms with E-state index < -0.39 is 0 Å². The smallest absolute Gasteiger partial charge is 0.120 e. The predicted molar refractivity (Wildman–Crippen MR) is 148 cm³/mol. The average molecular weight is 483 g/mol. The van der Waals surface area contributed by atoms with Gasteiger partial charge in [-0.15, -0.1) is 0 Å². The first-order valence-electron chi connectivity index (χ1n) is 13.0. The summed E-state index contributed by atoms with van der Waals surface area (Å²) < 4.78 is 0. The Kier molecular flexibility index (Phi) is 9.65. The molecule has 0 saturated carbocycles. The lowest BCUT2D eigenvalue weighted by molar-refractivity contribution is 0.236. The molecule has 0 aliphatic carbocycles. The third-order valence-corrected chi connectivity index (χ3v) is 6.18. The van der Waals surface area contributed by atoms with E-state index in [-0.39, 0.29) is 0 Å². The van der Waals surface area contributed by atoms with Crippen molar-refractivity contribution in [2.45, 2.75) is 52.9 Å². The largest absolute Gasteiger partial charge is 0.348 e. The summed E-state index contributed by atoms with van der Waals surface area (Å²) in [6, 6.07) is 17.7. The minimum Gasteiger partial charge on any atom is -0.348 e. The van der Waals surface area contributed by atoms with E-state index in [2.05, 4.69) is 104 Å². The van der Waals surface area contributed by atoms with Crippen LogP contribution in [0.1, 0.15) is 60.6 Å². The molecule has 0 radical (unpaired) electrons. The molecule has 4 aromatic rings. The van der Waals surface area contributed by atoms with Crippen LogP contribution < -0.4 is 0 Å². The summed E-state index contributed by atoms with van der Waals surface area (Å²) in [5.74, 6) is 1.91. The fraction of sp³-hybridized carbons (Fsp3) is 0.333. The van der Waals surface area contributed by atoms with Crippen molar-refractivity contribution in [3.8, 4) is 0 Å². The maximum Gasteiger partial charge on any atom is 0.120 e. The molecule has 2 aromatic heterocycles. The molecule has 6 heteroatoms. The number of H-pyrrole nitrogens is 2. The molecule has 0 amide bonds. The molecule has 0 unspecified atom stereocenters. The number of nitrogens with zero attached hydrogens (tertiary/aromatic N) is 4. The number of imidazole rings is 2. The molecule has 2 aromatic carbocycles. The van der Waals surface area contributed by atoms with Crippen LogP contribution in [0.2, 0.25) is 0 Å². The molecule has 188 valence electrons. The van der Waals surface area contributed by atoms with Crippen LogP contribution in [0.25, 0.3) is 12.2 Å². The lowest BCUT2D eigenvalue weighted by atomic mass is 10.1. The second kappa shape index (κ2) is 13.6. The van der Waals surface area contributed by atoms with Crippen LogP contribution in [0.3, 0.4) is 0 Å². The van der Waals surface area contributed by atoms with Gasteiger partial charge in [-0.2, -0.15) is 0 Å². The second-order valence-electron chi connectivity index (χ2n) is 9.31. The number of rotatable bonds is 14. The molecule has 6 nitrogen and oxygen atoms in total. The highest BCUT2D eigenvalue weighted by atomic mass is 15.2. The molecule has 0 saturated heterocycles. The monoisotopic (exact) mass is 482 g/mol. The van der Waals surface area contributed by atoms with Crippen molar-refractivity contribution in [2.75, 3.05) is 13.1 Å². The van der Waals surface area contributed by atoms with Crippen LogP contribution in [0.5, 0.6) is 0 Å². The van der Waals surface area contributed by atoms with Gasteiger partial charge in [-0.05, 0) is 48.2 Å². The normalized spacial score (nSPS) is 11.8. The van der Waals surface area contributed by atoms with E-state index in [9.17, 15) is 0 Å². The quantitative estimate of drug-likeness (QED) is 0.212. The summed E-state index contributed by atoms with van der Waals surface area (Å²) in [6.07, 6.45) is 14.1. The van der Waals surface area contributed by atoms with E-state index in [4.69, 9.17) is 0 Å². The van der Waals surface area contributed by atoms with Gasteiger partial charge in [0.25, 0.3) is 0 Å². The molecule has 0 spiro atoms. The van der Waals surface area contributed by atoms with E-state index in [1.54, 1.807) is 12.4 Å². The van der Waals surface area contributed by atoms with Gasteiger partial charge in [0.2, 0.25) is 0 Å². The van der Waals surface area contributed by atoms with Gasteiger partial charge in [-0.25, -0.2) is 9.97 Å². The molecular formula is C30H38N6. The zero-order valence-corrected chi connectivity index (χ0v) is 21.5. The molecule has 4 rings (SSSR count). The van der Waals surface area contributed by atoms with E-state index in [0.29, 0.717) is 0 Å². The lowest BCUT2D eigenvalue weighted by Crippen LogP contribution is -2.24. The SMILES string of the molecule is CCCN(CCC)Cc1ccc(C=Cc2ccc(CN(Cc3ncc[nH]3)Cc3ncc[nH]3)cc2)cc1. The Morgan fingerprint density at radius 3 is 1.44 bits per heavy atom. The van der Waals surface area contributed by atoms with Crippen molar-refractivity contribution in [3.63, 3.8) is 0 Å². The van der Waals surface area contributed by atoms with Crippen molar-refractivity contribution in [1.29, 1.82) is 0 Å². The third kappa shape index (κ3) is 8.04. The number of hydrogen-bond donors (Lipinski definition) is 2. The van der Waals surface area contributed by atoms with E-state index in [0.717, 1.165) is 50.9 Å². The van der Waals surface area contributed by atoms with Crippen molar-refractivity contribution >= 4 is 12.2 Å². The fourth-order valence-electron chi connectivity index (χ4n) is 4.44. The molecule has 2 heterocycles. The van der Waals surface area contributed by atoms with Crippen molar-refractivity contribution in [2.24, 2.45) is 0 Å². The standard InChI is InChI=1S/C30H38N6/c1-3-19-35(20-4-2)21-27-11-7-25(8-12-27)5-6-26-9-13-28(14-10-26)22-36(23-29-31-15-16-32-29)24-30-33-17-18-34-30/h5-18H,3-4,19-24H2,1-2H3,(H,31,32)(H,33,34). The number of nitrogens with one attached hydrogen (secondary N) is 2. The van der Waals surface area contributed by atoms with Crippen LogP contribution in [0, 0.1) is 0 Å². The summed E-state index contributed by atoms with van der Waals surface area (Å²) >= 11 is 0. The van der Waals surface area contributed by atoms with Gasteiger partial charge in [-0.1, -0.05) is 74.5 Å². The van der Waals surface area contributed by atoms with Gasteiger partial charge in [0.1, 0.15) is 11.6 Å². The Morgan fingerprint density at radius 1 is 0.611 bits per heavy atom. The Bertz CT molecular complexity index is 1100. The van der Waals surface area contributed by atoms with Crippen LogP contribution >= 0.6 is 0 Å². The predicted octanol–water partition coefficient (Wildman–Crippen LogP) is 6.13. The second-order valence-corrected chi connectivity index (χ2v) is 9.31. The molecule has 2 N–H and O–H groups in total. The van der Waals surface area contributed by atoms with E-state index in [1.165, 1.54) is 35.1 Å². The summed E-state index contributed by atoms with van der Waals surface area (Å²) in [5, 5.41) is 0. The van der Waals surface area contributed by atoms with Crippen molar-refractivity contribution < 1.29 is 0 Å². The highest BCUT2D eigenvalue weighted by Crippen LogP contribution is 2.15. The summed E-state index contributed by atoms with van der Waals surface area (Å²) in [4.78, 5) is 20.1. The lowest BCUT2D eigenvalue weighted by Gasteiger charge is -2.21. The van der Waals surface area contributed by atoms with Crippen LogP contribution in [0.4, 0.5) is 0 Å². The average Bonchev–Trinajstić information content (AvgIpc) is 3.59. The number of hydrogen-bond acceptors (Lipinski definition) is 4. The Hall–Kier alpha value is -3.48. The van der Waals surface area contributed by atoms with Gasteiger partial charge < -0.3 is 9.97 Å². The zero-order chi connectivity index (χ0) is 25.0. The maximum atomic E-state index is 4.39. The van der Waals surface area contributed by atoms with Crippen LogP contribution in [-0.4, -0.2) is 42.8 Å². The first kappa shape index (κ1) is 25.6. The molecular weight excluding hydrogens is 444 g/mol. The van der Waals surface area contributed by atoms with Crippen LogP contribution in [0.15, 0.2) is 73.3 Å². The number of benzene rings is 2. The maximum absolute atomic E-state index is 4.39. The Labute approximate surface area is 215 Å². The van der Waals surface area contributed by atoms with E-state index >= 15 is 0 Å². The minimum atomic E-state index is 0.736. The van der Waals surface area contributed by atoms with Gasteiger partial charge in [0.15, 0.2) is 0 Å². The summed E-state index contributed by atoms with van der Waals surface area (Å²) in [6.45, 7) is 10.1. The summed E-state index contributed by atoms with van der Waals surface area (Å²) in [5.41, 5.74) is 5.07. The molecule has 36 heavy (non-hydrogen) atoms.